The summed E-state index contributed by atoms with van der Waals surface area (Å²) >= 11 is 0. The number of rotatable bonds is 4. The summed E-state index contributed by atoms with van der Waals surface area (Å²) in [5.41, 5.74) is 2.67. The summed E-state index contributed by atoms with van der Waals surface area (Å²) in [5, 5.41) is 18.9. The number of nitrogens with zero attached hydrogens (tertiary/aromatic N) is 2. The second-order valence-corrected chi connectivity index (χ2v) is 5.56. The molecular weight excluding hydrogens is 315 g/mol. The predicted molar refractivity (Wildman–Crippen MR) is 83.6 cm³/mol. The number of carbonyl (C=O) groups excluding carboxylic acids is 1. The van der Waals surface area contributed by atoms with Crippen LogP contribution in [0.3, 0.4) is 0 Å². The Morgan fingerprint density at radius 2 is 1.62 bits per heavy atom. The monoisotopic (exact) mass is 330 g/mol. The van der Waals surface area contributed by atoms with Gasteiger partial charge in [-0.2, -0.15) is 0 Å². The van der Waals surface area contributed by atoms with E-state index < -0.39 is 5.97 Å². The third kappa shape index (κ3) is 3.93. The Bertz CT molecular complexity index is 841. The van der Waals surface area contributed by atoms with Crippen molar-refractivity contribution in [3.63, 3.8) is 0 Å². The molecule has 0 amide bonds. The molecule has 0 atom stereocenters. The number of aromatic carboxylic acids is 1. The first kappa shape index (κ1) is 18.4. The van der Waals surface area contributed by atoms with Crippen LogP contribution in [-0.4, -0.2) is 16.2 Å². The van der Waals surface area contributed by atoms with Gasteiger partial charge in [-0.05, 0) is 41.3 Å². The molecular formula is C18H15N2NaO3. The molecule has 0 spiro atoms. The van der Waals surface area contributed by atoms with Crippen molar-refractivity contribution in [3.8, 4) is 22.9 Å². The van der Waals surface area contributed by atoms with Crippen molar-refractivity contribution in [2.45, 2.75) is 19.8 Å². The van der Waals surface area contributed by atoms with Crippen LogP contribution >= 0.6 is 0 Å². The number of benzene rings is 2. The first-order valence-electron chi connectivity index (χ1n) is 7.30. The second-order valence-electron chi connectivity index (χ2n) is 5.56. The minimum atomic E-state index is -1.24. The van der Waals surface area contributed by atoms with Crippen LogP contribution in [0.2, 0.25) is 0 Å². The maximum atomic E-state index is 10.9. The van der Waals surface area contributed by atoms with E-state index in [9.17, 15) is 9.90 Å². The van der Waals surface area contributed by atoms with Gasteiger partial charge in [0.2, 0.25) is 11.8 Å². The zero-order valence-corrected chi connectivity index (χ0v) is 15.8. The number of aromatic nitrogens is 2. The van der Waals surface area contributed by atoms with Crippen LogP contribution in [0.15, 0.2) is 52.9 Å². The van der Waals surface area contributed by atoms with Crippen LogP contribution in [0.4, 0.5) is 0 Å². The summed E-state index contributed by atoms with van der Waals surface area (Å²) in [5.74, 6) is -0.115. The van der Waals surface area contributed by atoms with Gasteiger partial charge in [-0.25, -0.2) is 0 Å². The Labute approximate surface area is 162 Å². The summed E-state index contributed by atoms with van der Waals surface area (Å²) in [6, 6.07) is 14.2. The Hall–Kier alpha value is -1.95. The summed E-state index contributed by atoms with van der Waals surface area (Å²) in [6.07, 6.45) is 0. The number of carbonyl (C=O) groups is 1. The molecule has 0 unspecified atom stereocenters. The largest absolute Gasteiger partial charge is 1.00 e. The zero-order chi connectivity index (χ0) is 16.4. The molecule has 0 aliphatic carbocycles. The topological polar surface area (TPSA) is 79.0 Å². The van der Waals surface area contributed by atoms with Crippen molar-refractivity contribution in [1.29, 1.82) is 0 Å². The van der Waals surface area contributed by atoms with E-state index in [1.54, 1.807) is 12.1 Å². The quantitative estimate of drug-likeness (QED) is 0.624. The summed E-state index contributed by atoms with van der Waals surface area (Å²) < 4.78 is 5.66. The van der Waals surface area contributed by atoms with Crippen LogP contribution in [0.1, 0.15) is 35.7 Å². The number of hydrogen-bond donors (Lipinski definition) is 0. The minimum Gasteiger partial charge on any atom is -0.545 e. The van der Waals surface area contributed by atoms with Crippen LogP contribution in [-0.2, 0) is 0 Å². The zero-order valence-electron chi connectivity index (χ0n) is 13.8. The van der Waals surface area contributed by atoms with E-state index in [1.807, 2.05) is 24.3 Å². The van der Waals surface area contributed by atoms with Crippen molar-refractivity contribution in [2.75, 3.05) is 0 Å². The molecule has 0 fully saturated rings. The molecule has 24 heavy (non-hydrogen) atoms. The van der Waals surface area contributed by atoms with Crippen LogP contribution in [0, 0.1) is 0 Å². The summed E-state index contributed by atoms with van der Waals surface area (Å²) in [4.78, 5) is 10.9. The van der Waals surface area contributed by atoms with E-state index in [1.165, 1.54) is 17.7 Å². The average molecular weight is 330 g/mol. The number of carboxylic acid groups (broad SMARTS) is 1. The fourth-order valence-corrected chi connectivity index (χ4v) is 2.25. The van der Waals surface area contributed by atoms with Gasteiger partial charge in [0.1, 0.15) is 0 Å². The van der Waals surface area contributed by atoms with Crippen molar-refractivity contribution in [3.05, 3.63) is 59.7 Å². The molecule has 0 bridgehead atoms. The van der Waals surface area contributed by atoms with Crippen molar-refractivity contribution in [2.24, 2.45) is 0 Å². The molecule has 1 heterocycles. The van der Waals surface area contributed by atoms with E-state index in [0.29, 0.717) is 17.4 Å². The minimum absolute atomic E-state index is 0. The summed E-state index contributed by atoms with van der Waals surface area (Å²) in [7, 11) is 0. The van der Waals surface area contributed by atoms with Gasteiger partial charge in [0.05, 0.1) is 5.97 Å². The van der Waals surface area contributed by atoms with Gasteiger partial charge in [-0.15, -0.1) is 10.2 Å². The standard InChI is InChI=1S/C18H16N2O3.Na/c1-11(2)12-6-8-13(9-7-12)16-19-20-17(23-16)14-4-3-5-15(10-14)18(21)22;/h3-11H,1-2H3,(H,21,22);/q;+1/p-1. The molecule has 0 saturated carbocycles. The molecule has 3 rings (SSSR count). The van der Waals surface area contributed by atoms with Gasteiger partial charge in [-0.1, -0.05) is 38.1 Å². The average Bonchev–Trinajstić information content (AvgIpc) is 3.05. The first-order valence-corrected chi connectivity index (χ1v) is 7.30. The van der Waals surface area contributed by atoms with E-state index in [2.05, 4.69) is 24.0 Å². The van der Waals surface area contributed by atoms with Crippen LogP contribution in [0.25, 0.3) is 22.9 Å². The Morgan fingerprint density at radius 3 is 2.21 bits per heavy atom. The van der Waals surface area contributed by atoms with Crippen molar-refractivity contribution < 1.29 is 43.9 Å². The Balaban J connectivity index is 0.00000208. The van der Waals surface area contributed by atoms with Gasteiger partial charge in [0.25, 0.3) is 0 Å². The second kappa shape index (κ2) is 7.75. The molecule has 0 aliphatic rings. The SMILES string of the molecule is CC(C)c1ccc(-c2nnc(-c3cccc(C(=O)[O-])c3)o2)cc1.[Na+]. The van der Waals surface area contributed by atoms with Crippen LogP contribution < -0.4 is 34.7 Å². The van der Waals surface area contributed by atoms with Gasteiger partial charge in [0.15, 0.2) is 0 Å². The maximum Gasteiger partial charge on any atom is 1.00 e. The van der Waals surface area contributed by atoms with Gasteiger partial charge < -0.3 is 14.3 Å². The smallest absolute Gasteiger partial charge is 0.545 e. The van der Waals surface area contributed by atoms with Gasteiger partial charge >= 0.3 is 29.6 Å². The Morgan fingerprint density at radius 1 is 1.00 bits per heavy atom. The predicted octanol–water partition coefficient (Wildman–Crippen LogP) is -0.106. The summed E-state index contributed by atoms with van der Waals surface area (Å²) in [6.45, 7) is 4.26. The fourth-order valence-electron chi connectivity index (χ4n) is 2.25. The molecule has 2 aromatic carbocycles. The number of carboxylic acids is 1. The molecule has 3 aromatic rings. The molecule has 0 N–H and O–H groups in total. The first-order chi connectivity index (χ1) is 11.0. The maximum absolute atomic E-state index is 10.9. The third-order valence-corrected chi connectivity index (χ3v) is 3.59. The van der Waals surface area contributed by atoms with E-state index in [0.717, 1.165) is 5.56 Å². The van der Waals surface area contributed by atoms with E-state index in [4.69, 9.17) is 4.42 Å². The molecule has 6 heteroatoms. The molecule has 5 nitrogen and oxygen atoms in total. The fraction of sp³-hybridized carbons (Fsp3) is 0.167. The van der Waals surface area contributed by atoms with Gasteiger partial charge in [-0.3, -0.25) is 0 Å². The van der Waals surface area contributed by atoms with Crippen molar-refractivity contribution >= 4 is 5.97 Å². The third-order valence-electron chi connectivity index (χ3n) is 3.59. The molecule has 116 valence electrons. The van der Waals surface area contributed by atoms with E-state index in [-0.39, 0.29) is 41.0 Å². The molecule has 1 aromatic heterocycles. The van der Waals surface area contributed by atoms with E-state index >= 15 is 0 Å². The van der Waals surface area contributed by atoms with Crippen molar-refractivity contribution in [1.82, 2.24) is 10.2 Å². The van der Waals surface area contributed by atoms with Crippen LogP contribution in [0.5, 0.6) is 0 Å². The molecule has 0 saturated heterocycles. The van der Waals surface area contributed by atoms with Gasteiger partial charge in [0, 0.05) is 11.1 Å². The Kier molecular flexibility index (Phi) is 5.94. The molecule has 0 aliphatic heterocycles. The normalized spacial score (nSPS) is 10.5. The molecule has 0 radical (unpaired) electrons. The number of hydrogen-bond acceptors (Lipinski definition) is 5.